The van der Waals surface area contributed by atoms with E-state index in [1.165, 1.54) is 0 Å². The third kappa shape index (κ3) is 3.41. The van der Waals surface area contributed by atoms with Gasteiger partial charge in [-0.1, -0.05) is 127 Å². The molecule has 0 fully saturated rings. The van der Waals surface area contributed by atoms with Gasteiger partial charge in [0.05, 0.1) is 6.85 Å². The summed E-state index contributed by atoms with van der Waals surface area (Å²) in [4.78, 5) is 0. The van der Waals surface area contributed by atoms with Gasteiger partial charge in [-0.15, -0.1) is 0 Å². The second-order valence-electron chi connectivity index (χ2n) is 9.70. The maximum absolute atomic E-state index is 8.85. The molecule has 0 amide bonds. The first kappa shape index (κ1) is 17.4. The Labute approximate surface area is 233 Å². The van der Waals surface area contributed by atoms with Crippen LogP contribution in [0, 0.1) is 0 Å². The lowest BCUT2D eigenvalue weighted by Gasteiger charge is -2.20. The van der Waals surface area contributed by atoms with E-state index in [1.54, 1.807) is 0 Å². The van der Waals surface area contributed by atoms with Crippen LogP contribution in [0.3, 0.4) is 0 Å². The molecule has 0 aliphatic heterocycles. The Balaban J connectivity index is 1.58. The van der Waals surface area contributed by atoms with Gasteiger partial charge in [0, 0.05) is 10.8 Å². The molecule has 0 atom stereocenters. The van der Waals surface area contributed by atoms with E-state index in [0.29, 0.717) is 5.56 Å². The molecule has 1 nitrogen and oxygen atoms in total. The largest absolute Gasteiger partial charge is 0.456 e. The molecule has 0 aliphatic rings. The van der Waals surface area contributed by atoms with Crippen molar-refractivity contribution in [1.29, 1.82) is 0 Å². The van der Waals surface area contributed by atoms with Crippen LogP contribution in [-0.2, 0) is 0 Å². The van der Waals surface area contributed by atoms with E-state index in [-0.39, 0.29) is 29.7 Å². The molecule has 182 valence electrons. The van der Waals surface area contributed by atoms with Crippen molar-refractivity contribution in [3.05, 3.63) is 145 Å². The number of fused-ring (bicyclic) bond motifs is 5. The normalized spacial score (nSPS) is 13.4. The SMILES string of the molecule is [2H]c1c([2H])c([2H])c(-c2c3ccccc3c(-c3cc4c(cc3-c3ccccc3)oc3ccccc34)c3ccccc23)c([2H])c1[2H]. The van der Waals surface area contributed by atoms with E-state index in [0.717, 1.165) is 65.7 Å². The van der Waals surface area contributed by atoms with Crippen LogP contribution in [-0.4, -0.2) is 0 Å². The van der Waals surface area contributed by atoms with E-state index in [1.807, 2.05) is 72.8 Å². The highest BCUT2D eigenvalue weighted by Crippen LogP contribution is 2.47. The van der Waals surface area contributed by atoms with Crippen LogP contribution in [0.4, 0.5) is 0 Å². The highest BCUT2D eigenvalue weighted by molar-refractivity contribution is 6.23. The molecular formula is C38H24O. The summed E-state index contributed by atoms with van der Waals surface area (Å²) in [7, 11) is 0. The molecule has 0 N–H and O–H groups in total. The van der Waals surface area contributed by atoms with Crippen molar-refractivity contribution < 1.29 is 11.3 Å². The standard InChI is InChI=1S/C38H24O/c1-3-13-25(14-4-1)32-24-36-33(27-17-11-12-22-35(27)39-36)23-34(32)38-30-20-9-7-18-28(30)37(26-15-5-2-6-16-26)29-19-8-10-21-31(29)38/h1-24H/i2D,5D,6D,15D,16D. The van der Waals surface area contributed by atoms with E-state index < -0.39 is 6.04 Å². The van der Waals surface area contributed by atoms with Crippen LogP contribution in [0.1, 0.15) is 6.85 Å². The Hall–Kier alpha value is -5.14. The molecule has 0 unspecified atom stereocenters. The van der Waals surface area contributed by atoms with E-state index >= 15 is 0 Å². The van der Waals surface area contributed by atoms with Gasteiger partial charge in [0.1, 0.15) is 11.2 Å². The van der Waals surface area contributed by atoms with Crippen molar-refractivity contribution in [2.45, 2.75) is 0 Å². The fourth-order valence-electron chi connectivity index (χ4n) is 5.90. The average molecular weight is 502 g/mol. The van der Waals surface area contributed by atoms with Crippen LogP contribution in [0.2, 0.25) is 0 Å². The summed E-state index contributed by atoms with van der Waals surface area (Å²) in [5, 5.41) is 5.53. The minimum absolute atomic E-state index is 0.203. The second kappa shape index (κ2) is 8.72. The Morgan fingerprint density at radius 2 is 0.974 bits per heavy atom. The number of rotatable bonds is 3. The molecule has 7 aromatic carbocycles. The third-order valence-electron chi connectivity index (χ3n) is 7.55. The van der Waals surface area contributed by atoms with Gasteiger partial charge >= 0.3 is 0 Å². The maximum atomic E-state index is 8.85. The molecule has 0 radical (unpaired) electrons. The summed E-state index contributed by atoms with van der Waals surface area (Å²) in [6.07, 6.45) is 0. The van der Waals surface area contributed by atoms with Crippen LogP contribution >= 0.6 is 0 Å². The zero-order valence-electron chi connectivity index (χ0n) is 25.9. The van der Waals surface area contributed by atoms with E-state index in [9.17, 15) is 0 Å². The van der Waals surface area contributed by atoms with Crippen molar-refractivity contribution in [3.8, 4) is 33.4 Å². The predicted molar refractivity (Wildman–Crippen MR) is 165 cm³/mol. The summed E-state index contributed by atoms with van der Waals surface area (Å²) >= 11 is 0. The smallest absolute Gasteiger partial charge is 0.136 e. The fraction of sp³-hybridized carbons (Fsp3) is 0. The molecule has 0 saturated heterocycles. The molecule has 1 heterocycles. The zero-order chi connectivity index (χ0) is 30.1. The average Bonchev–Trinajstić information content (AvgIpc) is 3.43. The summed E-state index contributed by atoms with van der Waals surface area (Å²) < 4.78 is 49.0. The van der Waals surface area contributed by atoms with Crippen molar-refractivity contribution in [2.75, 3.05) is 0 Å². The summed E-state index contributed by atoms with van der Waals surface area (Å²) in [5.74, 6) is 0. The molecule has 0 aliphatic carbocycles. The van der Waals surface area contributed by atoms with Gasteiger partial charge in [-0.2, -0.15) is 0 Å². The molecule has 1 heteroatoms. The van der Waals surface area contributed by atoms with Gasteiger partial charge in [-0.05, 0) is 73.1 Å². The van der Waals surface area contributed by atoms with Crippen molar-refractivity contribution in [2.24, 2.45) is 0 Å². The maximum Gasteiger partial charge on any atom is 0.136 e. The lowest BCUT2D eigenvalue weighted by atomic mass is 9.83. The number of hydrogen-bond acceptors (Lipinski definition) is 1. The topological polar surface area (TPSA) is 13.1 Å². The fourth-order valence-corrected chi connectivity index (χ4v) is 5.90. The molecule has 39 heavy (non-hydrogen) atoms. The van der Waals surface area contributed by atoms with Gasteiger partial charge in [-0.3, -0.25) is 0 Å². The summed E-state index contributed by atoms with van der Waals surface area (Å²) in [6.45, 7) is 0. The highest BCUT2D eigenvalue weighted by Gasteiger charge is 2.20. The quantitative estimate of drug-likeness (QED) is 0.219. The second-order valence-corrected chi connectivity index (χ2v) is 9.70. The summed E-state index contributed by atoms with van der Waals surface area (Å²) in [5.41, 5.74) is 6.56. The Kier molecular flexibility index (Phi) is 3.89. The minimum atomic E-state index is -0.401. The van der Waals surface area contributed by atoms with Crippen LogP contribution in [0.25, 0.3) is 76.9 Å². The molecule has 8 rings (SSSR count). The molecular weight excluding hydrogens is 472 g/mol. The van der Waals surface area contributed by atoms with Gasteiger partial charge in [0.25, 0.3) is 0 Å². The first-order chi connectivity index (χ1) is 21.4. The van der Waals surface area contributed by atoms with Gasteiger partial charge < -0.3 is 4.42 Å². The van der Waals surface area contributed by atoms with Gasteiger partial charge in [0.2, 0.25) is 0 Å². The van der Waals surface area contributed by atoms with E-state index in [4.69, 9.17) is 11.3 Å². The molecule has 0 saturated carbocycles. The zero-order valence-corrected chi connectivity index (χ0v) is 20.9. The first-order valence-corrected chi connectivity index (χ1v) is 13.0. The van der Waals surface area contributed by atoms with E-state index in [2.05, 4.69) is 42.5 Å². The lowest BCUT2D eigenvalue weighted by Crippen LogP contribution is -1.93. The molecule has 0 spiro atoms. The predicted octanol–water partition coefficient (Wildman–Crippen LogP) is 10.9. The van der Waals surface area contributed by atoms with Gasteiger partial charge in [0.15, 0.2) is 0 Å². The van der Waals surface area contributed by atoms with Crippen molar-refractivity contribution in [1.82, 2.24) is 0 Å². The number of benzene rings is 7. The van der Waals surface area contributed by atoms with Crippen molar-refractivity contribution >= 4 is 43.5 Å². The van der Waals surface area contributed by atoms with Crippen LogP contribution < -0.4 is 0 Å². The Morgan fingerprint density at radius 1 is 0.410 bits per heavy atom. The number of para-hydroxylation sites is 1. The highest BCUT2D eigenvalue weighted by atomic mass is 16.3. The van der Waals surface area contributed by atoms with Crippen LogP contribution in [0.15, 0.2) is 150 Å². The number of furan rings is 1. The lowest BCUT2D eigenvalue weighted by molar-refractivity contribution is 0.669. The molecule has 8 aromatic rings. The first-order valence-electron chi connectivity index (χ1n) is 15.5. The minimum Gasteiger partial charge on any atom is -0.456 e. The Morgan fingerprint density at radius 3 is 1.64 bits per heavy atom. The van der Waals surface area contributed by atoms with Gasteiger partial charge in [-0.25, -0.2) is 0 Å². The Bertz CT molecular complexity index is 2360. The van der Waals surface area contributed by atoms with Crippen molar-refractivity contribution in [3.63, 3.8) is 0 Å². The summed E-state index contributed by atoms with van der Waals surface area (Å²) in [6, 6.07) is 37.0. The molecule has 0 bridgehead atoms. The third-order valence-corrected chi connectivity index (χ3v) is 7.55. The molecule has 1 aromatic heterocycles. The monoisotopic (exact) mass is 501 g/mol. The number of hydrogen-bond donors (Lipinski definition) is 0. The van der Waals surface area contributed by atoms with Crippen LogP contribution in [0.5, 0.6) is 0 Å².